The highest BCUT2D eigenvalue weighted by molar-refractivity contribution is 6.05. The molecule has 1 aromatic heterocycles. The van der Waals surface area contributed by atoms with Crippen LogP contribution in [0.2, 0.25) is 0 Å². The van der Waals surface area contributed by atoms with Gasteiger partial charge in [0.2, 0.25) is 5.91 Å². The number of aromatic nitrogens is 2. The molecule has 0 bridgehead atoms. The van der Waals surface area contributed by atoms with Crippen molar-refractivity contribution in [2.45, 2.75) is 38.8 Å². The third kappa shape index (κ3) is 2.56. The Balaban J connectivity index is 1.61. The van der Waals surface area contributed by atoms with E-state index in [1.165, 1.54) is 4.90 Å². The van der Waals surface area contributed by atoms with E-state index >= 15 is 0 Å². The molecule has 1 saturated heterocycles. The molecule has 118 valence electrons. The molecule has 3 rings (SSSR count). The molecule has 1 atom stereocenters. The first-order chi connectivity index (χ1) is 10.6. The number of carbonyl (C=O) groups is 3. The van der Waals surface area contributed by atoms with Crippen LogP contribution < -0.4 is 5.32 Å². The average molecular weight is 305 g/mol. The fourth-order valence-electron chi connectivity index (χ4n) is 2.88. The van der Waals surface area contributed by atoms with Crippen molar-refractivity contribution in [1.82, 2.24) is 25.1 Å². The molecule has 0 radical (unpaired) electrons. The van der Waals surface area contributed by atoms with Gasteiger partial charge >= 0.3 is 6.03 Å². The number of hydrogen-bond donors (Lipinski definition) is 2. The van der Waals surface area contributed by atoms with Crippen molar-refractivity contribution < 1.29 is 14.4 Å². The molecule has 8 nitrogen and oxygen atoms in total. The van der Waals surface area contributed by atoms with Gasteiger partial charge in [0.1, 0.15) is 6.04 Å². The topological polar surface area (TPSA) is 98.4 Å². The lowest BCUT2D eigenvalue weighted by atomic mass is 10.1. The Kier molecular flexibility index (Phi) is 3.82. The molecule has 22 heavy (non-hydrogen) atoms. The number of amides is 4. The van der Waals surface area contributed by atoms with Crippen LogP contribution in [0.25, 0.3) is 0 Å². The highest BCUT2D eigenvalue weighted by Gasteiger charge is 2.39. The monoisotopic (exact) mass is 305 g/mol. The number of imidazole rings is 1. The Hall–Kier alpha value is -2.38. The zero-order valence-electron chi connectivity index (χ0n) is 12.5. The van der Waals surface area contributed by atoms with E-state index in [1.54, 1.807) is 11.2 Å². The van der Waals surface area contributed by atoms with E-state index in [4.69, 9.17) is 0 Å². The molecule has 8 heteroatoms. The zero-order chi connectivity index (χ0) is 15.7. The summed E-state index contributed by atoms with van der Waals surface area (Å²) >= 11 is 0. The fraction of sp³-hybridized carbons (Fsp3) is 0.571. The maximum absolute atomic E-state index is 12.4. The number of fused-ring (bicyclic) bond motifs is 1. The summed E-state index contributed by atoms with van der Waals surface area (Å²) in [5.74, 6) is -0.434. The second kappa shape index (κ2) is 5.78. The second-order valence-corrected chi connectivity index (χ2v) is 5.59. The van der Waals surface area contributed by atoms with Gasteiger partial charge in [-0.2, -0.15) is 0 Å². The normalized spacial score (nSPS) is 21.0. The lowest BCUT2D eigenvalue weighted by Gasteiger charge is -2.27. The molecule has 0 saturated carbocycles. The smallest absolute Gasteiger partial charge is 0.324 e. The largest absolute Gasteiger partial charge is 0.347 e. The molecule has 0 spiro atoms. The minimum atomic E-state index is -0.741. The van der Waals surface area contributed by atoms with Crippen LogP contribution in [0.15, 0.2) is 6.33 Å². The van der Waals surface area contributed by atoms with Crippen molar-refractivity contribution in [3.8, 4) is 0 Å². The van der Waals surface area contributed by atoms with Gasteiger partial charge in [-0.1, -0.05) is 6.92 Å². The first-order valence-corrected chi connectivity index (χ1v) is 7.51. The van der Waals surface area contributed by atoms with E-state index in [2.05, 4.69) is 15.3 Å². The van der Waals surface area contributed by atoms with Crippen LogP contribution in [0.1, 0.15) is 31.2 Å². The molecular weight excluding hydrogens is 286 g/mol. The van der Waals surface area contributed by atoms with Gasteiger partial charge in [-0.05, 0) is 6.42 Å². The van der Waals surface area contributed by atoms with E-state index < -0.39 is 12.1 Å². The Morgan fingerprint density at radius 2 is 2.27 bits per heavy atom. The van der Waals surface area contributed by atoms with Crippen molar-refractivity contribution in [1.29, 1.82) is 0 Å². The quantitative estimate of drug-likeness (QED) is 0.766. The highest BCUT2D eigenvalue weighted by atomic mass is 16.2. The number of H-pyrrole nitrogens is 1. The summed E-state index contributed by atoms with van der Waals surface area (Å²) in [5.41, 5.74) is 1.93. The number of aromatic amines is 1. The van der Waals surface area contributed by atoms with Crippen LogP contribution in [0.3, 0.4) is 0 Å². The van der Waals surface area contributed by atoms with Gasteiger partial charge in [0.05, 0.1) is 30.7 Å². The van der Waals surface area contributed by atoms with Crippen LogP contribution in [-0.4, -0.2) is 56.7 Å². The van der Waals surface area contributed by atoms with Crippen molar-refractivity contribution >= 4 is 17.8 Å². The molecular formula is C14H19N5O3. The Labute approximate surface area is 127 Å². The third-order valence-corrected chi connectivity index (χ3v) is 4.06. The van der Waals surface area contributed by atoms with E-state index in [9.17, 15) is 14.4 Å². The Morgan fingerprint density at radius 3 is 3.05 bits per heavy atom. The van der Waals surface area contributed by atoms with Crippen LogP contribution >= 0.6 is 0 Å². The number of nitrogens with one attached hydrogen (secondary N) is 2. The summed E-state index contributed by atoms with van der Waals surface area (Å²) in [6.07, 6.45) is 3.04. The second-order valence-electron chi connectivity index (χ2n) is 5.59. The molecule has 4 amide bonds. The Morgan fingerprint density at radius 1 is 1.45 bits per heavy atom. The highest BCUT2D eigenvalue weighted by Crippen LogP contribution is 2.17. The van der Waals surface area contributed by atoms with E-state index in [-0.39, 0.29) is 18.2 Å². The summed E-state index contributed by atoms with van der Waals surface area (Å²) in [6.45, 7) is 3.34. The standard InChI is InChI=1S/C14H19N5O3/c1-2-4-19-13(21)10(17-14(19)22)6-12(20)18-5-3-9-11(7-18)16-8-15-9/h8,10H,2-7H2,1H3,(H,15,16)(H,17,22). The predicted molar refractivity (Wildman–Crippen MR) is 76.6 cm³/mol. The van der Waals surface area contributed by atoms with Gasteiger partial charge < -0.3 is 15.2 Å². The summed E-state index contributed by atoms with van der Waals surface area (Å²) in [6, 6.07) is -1.14. The molecule has 2 aliphatic heterocycles. The van der Waals surface area contributed by atoms with Crippen LogP contribution in [0.4, 0.5) is 4.79 Å². The zero-order valence-corrected chi connectivity index (χ0v) is 12.5. The van der Waals surface area contributed by atoms with Gasteiger partial charge in [0, 0.05) is 19.5 Å². The third-order valence-electron chi connectivity index (χ3n) is 4.06. The van der Waals surface area contributed by atoms with Crippen molar-refractivity contribution in [3.05, 3.63) is 17.7 Å². The van der Waals surface area contributed by atoms with Crippen molar-refractivity contribution in [2.75, 3.05) is 13.1 Å². The van der Waals surface area contributed by atoms with E-state index in [0.717, 1.165) is 11.4 Å². The molecule has 2 N–H and O–H groups in total. The van der Waals surface area contributed by atoms with Crippen LogP contribution in [0, 0.1) is 0 Å². The van der Waals surface area contributed by atoms with Gasteiger partial charge in [-0.15, -0.1) is 0 Å². The minimum Gasteiger partial charge on any atom is -0.347 e. The lowest BCUT2D eigenvalue weighted by molar-refractivity contribution is -0.136. The van der Waals surface area contributed by atoms with Gasteiger partial charge in [0.15, 0.2) is 0 Å². The van der Waals surface area contributed by atoms with Gasteiger partial charge in [-0.3, -0.25) is 14.5 Å². The SMILES string of the molecule is CCCN1C(=O)NC(CC(=O)N2CCc3nc[nH]c3C2)C1=O. The Bertz CT molecular complexity index is 611. The number of carbonyl (C=O) groups excluding carboxylic acids is 3. The molecule has 0 aromatic carbocycles. The molecule has 2 aliphatic rings. The maximum Gasteiger partial charge on any atom is 0.324 e. The molecule has 1 unspecified atom stereocenters. The van der Waals surface area contributed by atoms with Crippen LogP contribution in [-0.2, 0) is 22.6 Å². The summed E-state index contributed by atoms with van der Waals surface area (Å²) in [4.78, 5) is 46.3. The lowest BCUT2D eigenvalue weighted by Crippen LogP contribution is -2.41. The fourth-order valence-corrected chi connectivity index (χ4v) is 2.88. The van der Waals surface area contributed by atoms with Crippen LogP contribution in [0.5, 0.6) is 0 Å². The summed E-state index contributed by atoms with van der Waals surface area (Å²) in [5, 5.41) is 2.59. The number of nitrogens with zero attached hydrogens (tertiary/aromatic N) is 3. The first kappa shape index (κ1) is 14.6. The number of rotatable bonds is 4. The summed E-state index contributed by atoms with van der Waals surface area (Å²) < 4.78 is 0. The first-order valence-electron chi connectivity index (χ1n) is 7.51. The number of hydrogen-bond acceptors (Lipinski definition) is 4. The van der Waals surface area contributed by atoms with Gasteiger partial charge in [-0.25, -0.2) is 9.78 Å². The van der Waals surface area contributed by atoms with Crippen molar-refractivity contribution in [3.63, 3.8) is 0 Å². The van der Waals surface area contributed by atoms with E-state index in [0.29, 0.717) is 32.5 Å². The minimum absolute atomic E-state index is 0.00819. The molecule has 1 aromatic rings. The van der Waals surface area contributed by atoms with E-state index in [1.807, 2.05) is 6.92 Å². The average Bonchev–Trinajstić information content (AvgIpc) is 3.07. The molecule has 0 aliphatic carbocycles. The number of imide groups is 1. The summed E-state index contributed by atoms with van der Waals surface area (Å²) in [7, 11) is 0. The van der Waals surface area contributed by atoms with Crippen molar-refractivity contribution in [2.24, 2.45) is 0 Å². The molecule has 1 fully saturated rings. The predicted octanol–water partition coefficient (Wildman–Crippen LogP) is 0.0149. The molecule has 3 heterocycles. The van der Waals surface area contributed by atoms with Gasteiger partial charge in [0.25, 0.3) is 5.91 Å². The number of urea groups is 1. The maximum atomic E-state index is 12.4.